The zero-order chi connectivity index (χ0) is 20.9. The number of carbonyl (C=O) groups is 1. The van der Waals surface area contributed by atoms with Crippen molar-refractivity contribution in [3.8, 4) is 17.2 Å². The van der Waals surface area contributed by atoms with Crippen LogP contribution in [0.15, 0.2) is 77.2 Å². The number of para-hydroxylation sites is 2. The van der Waals surface area contributed by atoms with Crippen LogP contribution in [0.1, 0.15) is 16.1 Å². The Balaban J connectivity index is 1.67. The van der Waals surface area contributed by atoms with Crippen LogP contribution in [0.5, 0.6) is 17.2 Å². The summed E-state index contributed by atoms with van der Waals surface area (Å²) in [4.78, 5) is 13.1. The molecule has 0 saturated carbocycles. The number of carbonyl (C=O) groups excluding carboxylic acids is 1. The standard InChI is InChI=1S/C24H21NO5/c1-27-17-12-13-22(28-2)20(14-17)25-24(26)23-19(15-29-16-8-4-3-5-9-16)18-10-6-7-11-21(18)30-23/h3-14H,15H2,1-2H3,(H,25,26). The molecule has 1 N–H and O–H groups in total. The Morgan fingerprint density at radius 3 is 2.43 bits per heavy atom. The summed E-state index contributed by atoms with van der Waals surface area (Å²) in [7, 11) is 3.10. The van der Waals surface area contributed by atoms with Crippen molar-refractivity contribution < 1.29 is 23.4 Å². The van der Waals surface area contributed by atoms with Gasteiger partial charge in [0.1, 0.15) is 29.4 Å². The highest BCUT2D eigenvalue weighted by atomic mass is 16.5. The van der Waals surface area contributed by atoms with Gasteiger partial charge in [0.05, 0.1) is 19.9 Å². The molecule has 0 fully saturated rings. The number of benzene rings is 3. The van der Waals surface area contributed by atoms with Gasteiger partial charge < -0.3 is 23.9 Å². The minimum absolute atomic E-state index is 0.192. The summed E-state index contributed by atoms with van der Waals surface area (Å²) in [5.41, 5.74) is 1.78. The molecule has 1 heterocycles. The summed E-state index contributed by atoms with van der Waals surface area (Å²) in [5, 5.41) is 3.69. The van der Waals surface area contributed by atoms with E-state index in [1.165, 1.54) is 7.11 Å². The monoisotopic (exact) mass is 403 g/mol. The van der Waals surface area contributed by atoms with E-state index in [1.54, 1.807) is 25.3 Å². The van der Waals surface area contributed by atoms with Crippen molar-refractivity contribution in [2.75, 3.05) is 19.5 Å². The van der Waals surface area contributed by atoms with E-state index in [1.807, 2.05) is 54.6 Å². The van der Waals surface area contributed by atoms with Gasteiger partial charge in [0, 0.05) is 17.0 Å². The fraction of sp³-hybridized carbons (Fsp3) is 0.125. The van der Waals surface area contributed by atoms with Crippen molar-refractivity contribution in [1.29, 1.82) is 0 Å². The molecule has 6 heteroatoms. The molecule has 0 bridgehead atoms. The van der Waals surface area contributed by atoms with Gasteiger partial charge in [0.25, 0.3) is 5.91 Å². The number of rotatable bonds is 7. The second-order valence-electron chi connectivity index (χ2n) is 6.53. The lowest BCUT2D eigenvalue weighted by atomic mass is 10.1. The van der Waals surface area contributed by atoms with E-state index in [0.717, 1.165) is 5.39 Å². The van der Waals surface area contributed by atoms with E-state index in [2.05, 4.69) is 5.32 Å². The van der Waals surface area contributed by atoms with Crippen molar-refractivity contribution in [2.45, 2.75) is 6.61 Å². The molecule has 30 heavy (non-hydrogen) atoms. The smallest absolute Gasteiger partial charge is 0.291 e. The lowest BCUT2D eigenvalue weighted by Gasteiger charge is -2.12. The van der Waals surface area contributed by atoms with Crippen LogP contribution in [0.25, 0.3) is 11.0 Å². The average molecular weight is 403 g/mol. The molecule has 6 nitrogen and oxygen atoms in total. The topological polar surface area (TPSA) is 69.9 Å². The van der Waals surface area contributed by atoms with Crippen LogP contribution in [-0.4, -0.2) is 20.1 Å². The number of methoxy groups -OCH3 is 2. The highest BCUT2D eigenvalue weighted by Crippen LogP contribution is 2.32. The quantitative estimate of drug-likeness (QED) is 0.455. The molecule has 1 aromatic heterocycles. The van der Waals surface area contributed by atoms with E-state index in [0.29, 0.717) is 34.1 Å². The first-order chi connectivity index (χ1) is 14.7. The van der Waals surface area contributed by atoms with E-state index in [9.17, 15) is 4.79 Å². The van der Waals surface area contributed by atoms with Crippen LogP contribution in [-0.2, 0) is 6.61 Å². The van der Waals surface area contributed by atoms with Crippen molar-refractivity contribution in [2.24, 2.45) is 0 Å². The zero-order valence-electron chi connectivity index (χ0n) is 16.7. The Kier molecular flexibility index (Phi) is 5.57. The van der Waals surface area contributed by atoms with Gasteiger partial charge >= 0.3 is 0 Å². The molecule has 0 aliphatic carbocycles. The van der Waals surface area contributed by atoms with Crippen molar-refractivity contribution in [3.63, 3.8) is 0 Å². The number of ether oxygens (including phenoxy) is 3. The van der Waals surface area contributed by atoms with Gasteiger partial charge in [0.15, 0.2) is 5.76 Å². The first-order valence-electron chi connectivity index (χ1n) is 9.41. The Hall–Kier alpha value is -3.93. The number of nitrogens with one attached hydrogen (secondary N) is 1. The maximum atomic E-state index is 13.1. The number of amides is 1. The zero-order valence-corrected chi connectivity index (χ0v) is 16.7. The summed E-state index contributed by atoms with van der Waals surface area (Å²) in [6, 6.07) is 22.1. The summed E-state index contributed by atoms with van der Waals surface area (Å²) >= 11 is 0. The minimum atomic E-state index is -0.399. The maximum absolute atomic E-state index is 13.1. The Morgan fingerprint density at radius 2 is 1.67 bits per heavy atom. The van der Waals surface area contributed by atoms with Gasteiger partial charge in [-0.15, -0.1) is 0 Å². The molecule has 0 spiro atoms. The molecular weight excluding hydrogens is 382 g/mol. The fourth-order valence-corrected chi connectivity index (χ4v) is 3.19. The third kappa shape index (κ3) is 3.93. The molecule has 0 aliphatic rings. The number of anilines is 1. The Bertz CT molecular complexity index is 1170. The van der Waals surface area contributed by atoms with Crippen molar-refractivity contribution in [1.82, 2.24) is 0 Å². The van der Waals surface area contributed by atoms with Gasteiger partial charge in [-0.3, -0.25) is 4.79 Å². The number of fused-ring (bicyclic) bond motifs is 1. The SMILES string of the molecule is COc1ccc(OC)c(NC(=O)c2oc3ccccc3c2COc2ccccc2)c1. The third-order valence-electron chi connectivity index (χ3n) is 4.69. The van der Waals surface area contributed by atoms with Crippen LogP contribution < -0.4 is 19.5 Å². The fourth-order valence-electron chi connectivity index (χ4n) is 3.19. The summed E-state index contributed by atoms with van der Waals surface area (Å²) in [6.07, 6.45) is 0. The Labute approximate surface area is 174 Å². The number of furan rings is 1. The Morgan fingerprint density at radius 1 is 0.900 bits per heavy atom. The molecule has 1 amide bonds. The van der Waals surface area contributed by atoms with Crippen LogP contribution in [0.4, 0.5) is 5.69 Å². The van der Waals surface area contributed by atoms with E-state index in [4.69, 9.17) is 18.6 Å². The van der Waals surface area contributed by atoms with Crippen LogP contribution in [0, 0.1) is 0 Å². The van der Waals surface area contributed by atoms with Gasteiger partial charge in [-0.2, -0.15) is 0 Å². The summed E-state index contributed by atoms with van der Waals surface area (Å²) < 4.78 is 22.4. The predicted molar refractivity (Wildman–Crippen MR) is 114 cm³/mol. The first-order valence-corrected chi connectivity index (χ1v) is 9.41. The van der Waals surface area contributed by atoms with Crippen molar-refractivity contribution >= 4 is 22.6 Å². The molecule has 3 aromatic carbocycles. The number of hydrogen-bond acceptors (Lipinski definition) is 5. The summed E-state index contributed by atoms with van der Waals surface area (Å²) in [6.45, 7) is 0.193. The van der Waals surface area contributed by atoms with Gasteiger partial charge in [-0.25, -0.2) is 0 Å². The second kappa shape index (κ2) is 8.61. The highest BCUT2D eigenvalue weighted by molar-refractivity contribution is 6.07. The van der Waals surface area contributed by atoms with E-state index in [-0.39, 0.29) is 12.4 Å². The van der Waals surface area contributed by atoms with Crippen molar-refractivity contribution in [3.05, 3.63) is 84.1 Å². The second-order valence-corrected chi connectivity index (χ2v) is 6.53. The average Bonchev–Trinajstić information content (AvgIpc) is 3.17. The molecular formula is C24H21NO5. The molecule has 0 unspecified atom stereocenters. The minimum Gasteiger partial charge on any atom is -0.497 e. The van der Waals surface area contributed by atoms with Crippen LogP contribution in [0.2, 0.25) is 0 Å². The molecule has 152 valence electrons. The highest BCUT2D eigenvalue weighted by Gasteiger charge is 2.22. The largest absolute Gasteiger partial charge is 0.497 e. The molecule has 0 saturated heterocycles. The van der Waals surface area contributed by atoms with E-state index < -0.39 is 5.91 Å². The molecule has 0 atom stereocenters. The maximum Gasteiger partial charge on any atom is 0.291 e. The lowest BCUT2D eigenvalue weighted by Crippen LogP contribution is -2.14. The van der Waals surface area contributed by atoms with Gasteiger partial charge in [-0.05, 0) is 30.3 Å². The first kappa shape index (κ1) is 19.4. The summed E-state index contributed by atoms with van der Waals surface area (Å²) in [5.74, 6) is 1.62. The predicted octanol–water partition coefficient (Wildman–Crippen LogP) is 5.28. The number of hydrogen-bond donors (Lipinski definition) is 1. The molecule has 0 aliphatic heterocycles. The van der Waals surface area contributed by atoms with Crippen LogP contribution >= 0.6 is 0 Å². The van der Waals surface area contributed by atoms with Gasteiger partial charge in [-0.1, -0.05) is 36.4 Å². The van der Waals surface area contributed by atoms with Gasteiger partial charge in [0.2, 0.25) is 0 Å². The normalized spacial score (nSPS) is 10.6. The van der Waals surface area contributed by atoms with E-state index >= 15 is 0 Å². The third-order valence-corrected chi connectivity index (χ3v) is 4.69. The molecule has 0 radical (unpaired) electrons. The molecule has 4 aromatic rings. The molecule has 4 rings (SSSR count). The van der Waals surface area contributed by atoms with Crippen LogP contribution in [0.3, 0.4) is 0 Å². The lowest BCUT2D eigenvalue weighted by molar-refractivity contribution is 0.0995.